The second-order valence-electron chi connectivity index (χ2n) is 7.48. The lowest BCUT2D eigenvalue weighted by Crippen LogP contribution is -2.23. The molecule has 0 aliphatic carbocycles. The fraction of sp³-hybridized carbons (Fsp3) is 0.286. The van der Waals surface area contributed by atoms with Crippen molar-refractivity contribution in [2.45, 2.75) is 32.8 Å². The molecule has 4 aromatic rings. The largest absolute Gasteiger partial charge is 0.461 e. The molecule has 1 aliphatic rings. The van der Waals surface area contributed by atoms with E-state index in [0.717, 1.165) is 21.8 Å². The maximum Gasteiger partial charge on any atom is 0.328 e. The standard InChI is InChI=1S/C21H21N7O2S/c1-13(2)18-24-19(30-26-18)27-10-6-15(7-11-27)14(3)29-21-25-28-12-17(23-20(28)31-21)16-4-8-22-9-5-16/h4-10,12-14H,11H2,1-3H3/t14-/m1/s1. The zero-order valence-corrected chi connectivity index (χ0v) is 18.2. The number of pyridine rings is 1. The van der Waals surface area contributed by atoms with Crippen molar-refractivity contribution in [1.29, 1.82) is 0 Å². The summed E-state index contributed by atoms with van der Waals surface area (Å²) in [6, 6.07) is 4.35. The van der Waals surface area contributed by atoms with E-state index in [9.17, 15) is 0 Å². The summed E-state index contributed by atoms with van der Waals surface area (Å²) in [5.74, 6) is 0.932. The van der Waals surface area contributed by atoms with Crippen LogP contribution in [0.15, 0.2) is 59.2 Å². The number of nitrogens with zero attached hydrogens (tertiary/aromatic N) is 7. The van der Waals surface area contributed by atoms with Gasteiger partial charge in [0.05, 0.1) is 11.9 Å². The lowest BCUT2D eigenvalue weighted by molar-refractivity contribution is 0.256. The van der Waals surface area contributed by atoms with Crippen molar-refractivity contribution in [2.24, 2.45) is 0 Å². The Morgan fingerprint density at radius 2 is 2.00 bits per heavy atom. The van der Waals surface area contributed by atoms with Crippen LogP contribution in [-0.2, 0) is 0 Å². The van der Waals surface area contributed by atoms with E-state index in [0.29, 0.717) is 23.6 Å². The summed E-state index contributed by atoms with van der Waals surface area (Å²) < 4.78 is 13.2. The van der Waals surface area contributed by atoms with E-state index in [2.05, 4.69) is 31.3 Å². The van der Waals surface area contributed by atoms with Gasteiger partial charge in [0.1, 0.15) is 6.10 Å². The molecule has 0 N–H and O–H groups in total. The molecule has 5 rings (SSSR count). The lowest BCUT2D eigenvalue weighted by atomic mass is 10.1. The average Bonchev–Trinajstić information content (AvgIpc) is 3.50. The molecule has 4 aromatic heterocycles. The van der Waals surface area contributed by atoms with Crippen molar-refractivity contribution in [1.82, 2.24) is 29.7 Å². The molecule has 0 saturated carbocycles. The summed E-state index contributed by atoms with van der Waals surface area (Å²) in [7, 11) is 0. The minimum Gasteiger partial charge on any atom is -0.461 e. The molecule has 0 unspecified atom stereocenters. The number of anilines is 1. The number of aromatic nitrogens is 6. The molecule has 5 heterocycles. The number of ether oxygens (including phenoxy) is 1. The molecule has 0 aromatic carbocycles. The van der Waals surface area contributed by atoms with Crippen molar-refractivity contribution in [3.05, 3.63) is 60.5 Å². The van der Waals surface area contributed by atoms with Gasteiger partial charge in [-0.1, -0.05) is 25.1 Å². The number of hydrogen-bond donors (Lipinski definition) is 0. The van der Waals surface area contributed by atoms with Crippen molar-refractivity contribution >= 4 is 22.3 Å². The number of rotatable bonds is 6. The Labute approximate surface area is 182 Å². The molecule has 158 valence electrons. The number of hydrogen-bond acceptors (Lipinski definition) is 9. The molecular formula is C21H21N7O2S. The highest BCUT2D eigenvalue weighted by Crippen LogP contribution is 2.28. The summed E-state index contributed by atoms with van der Waals surface area (Å²) in [4.78, 5) is 15.8. The van der Waals surface area contributed by atoms with Crippen molar-refractivity contribution in [2.75, 3.05) is 11.4 Å². The van der Waals surface area contributed by atoms with E-state index < -0.39 is 0 Å². The van der Waals surface area contributed by atoms with Crippen molar-refractivity contribution in [3.63, 3.8) is 0 Å². The van der Waals surface area contributed by atoms with Gasteiger partial charge in [0.25, 0.3) is 5.19 Å². The van der Waals surface area contributed by atoms with Gasteiger partial charge in [-0.3, -0.25) is 9.88 Å². The zero-order chi connectivity index (χ0) is 21.4. The predicted molar refractivity (Wildman–Crippen MR) is 117 cm³/mol. The van der Waals surface area contributed by atoms with Gasteiger partial charge in [-0.15, -0.1) is 5.10 Å². The highest BCUT2D eigenvalue weighted by atomic mass is 32.1. The second-order valence-corrected chi connectivity index (χ2v) is 8.40. The van der Waals surface area contributed by atoms with E-state index in [1.165, 1.54) is 11.3 Å². The van der Waals surface area contributed by atoms with Crippen LogP contribution in [0, 0.1) is 0 Å². The highest BCUT2D eigenvalue weighted by molar-refractivity contribution is 7.18. The minimum atomic E-state index is -0.150. The van der Waals surface area contributed by atoms with Gasteiger partial charge in [-0.05, 0) is 42.0 Å². The third-order valence-electron chi connectivity index (χ3n) is 4.91. The normalized spacial score (nSPS) is 15.0. The molecule has 0 radical (unpaired) electrons. The summed E-state index contributed by atoms with van der Waals surface area (Å²) in [5.41, 5.74) is 2.93. The Morgan fingerprint density at radius 3 is 2.68 bits per heavy atom. The van der Waals surface area contributed by atoms with Crippen LogP contribution < -0.4 is 9.64 Å². The predicted octanol–water partition coefficient (Wildman–Crippen LogP) is 4.09. The monoisotopic (exact) mass is 435 g/mol. The van der Waals surface area contributed by atoms with Crippen LogP contribution in [0.3, 0.4) is 0 Å². The average molecular weight is 436 g/mol. The van der Waals surface area contributed by atoms with Gasteiger partial charge in [-0.25, -0.2) is 9.50 Å². The van der Waals surface area contributed by atoms with Crippen LogP contribution in [0.4, 0.5) is 6.01 Å². The van der Waals surface area contributed by atoms with Gasteiger partial charge in [0.2, 0.25) is 4.96 Å². The number of fused-ring (bicyclic) bond motifs is 1. The summed E-state index contributed by atoms with van der Waals surface area (Å²) in [6.07, 6.45) is 11.3. The Balaban J connectivity index is 1.24. The van der Waals surface area contributed by atoms with E-state index in [4.69, 9.17) is 9.26 Å². The zero-order valence-electron chi connectivity index (χ0n) is 17.3. The molecule has 0 bridgehead atoms. The Bertz CT molecular complexity index is 1220. The number of imidazole rings is 1. The first-order chi connectivity index (χ1) is 15.1. The molecule has 0 saturated heterocycles. The molecule has 9 nitrogen and oxygen atoms in total. The van der Waals surface area contributed by atoms with Gasteiger partial charge >= 0.3 is 6.01 Å². The third kappa shape index (κ3) is 3.93. The Hall–Kier alpha value is -3.53. The Morgan fingerprint density at radius 1 is 1.16 bits per heavy atom. The first kappa shape index (κ1) is 19.4. The SMILES string of the molecule is CC(C)c1noc(N2C=CC([C@@H](C)Oc3nn4cc(-c5ccncc5)nc4s3)=CC2)n1. The highest BCUT2D eigenvalue weighted by Gasteiger charge is 2.19. The maximum atomic E-state index is 6.07. The fourth-order valence-electron chi connectivity index (χ4n) is 3.14. The van der Waals surface area contributed by atoms with Gasteiger partial charge < -0.3 is 9.26 Å². The van der Waals surface area contributed by atoms with E-state index in [-0.39, 0.29) is 12.0 Å². The molecule has 0 spiro atoms. The van der Waals surface area contributed by atoms with Crippen molar-refractivity contribution < 1.29 is 9.26 Å². The lowest BCUT2D eigenvalue weighted by Gasteiger charge is -2.21. The first-order valence-electron chi connectivity index (χ1n) is 9.98. The molecule has 0 amide bonds. The maximum absolute atomic E-state index is 6.07. The second kappa shape index (κ2) is 7.95. The minimum absolute atomic E-state index is 0.150. The molecule has 1 aliphatic heterocycles. The van der Waals surface area contributed by atoms with Crippen LogP contribution >= 0.6 is 11.3 Å². The van der Waals surface area contributed by atoms with E-state index in [1.807, 2.05) is 56.3 Å². The molecule has 10 heteroatoms. The van der Waals surface area contributed by atoms with Crippen LogP contribution in [-0.4, -0.2) is 42.4 Å². The fourth-order valence-corrected chi connectivity index (χ4v) is 3.95. The molecular weight excluding hydrogens is 414 g/mol. The van der Waals surface area contributed by atoms with E-state index in [1.54, 1.807) is 16.9 Å². The van der Waals surface area contributed by atoms with E-state index >= 15 is 0 Å². The molecule has 31 heavy (non-hydrogen) atoms. The first-order valence-corrected chi connectivity index (χ1v) is 10.8. The van der Waals surface area contributed by atoms with Crippen LogP contribution in [0.5, 0.6) is 5.19 Å². The summed E-state index contributed by atoms with van der Waals surface area (Å²) in [5, 5.41) is 9.11. The summed E-state index contributed by atoms with van der Waals surface area (Å²) >= 11 is 1.42. The van der Waals surface area contributed by atoms with Gasteiger partial charge in [-0.2, -0.15) is 4.98 Å². The van der Waals surface area contributed by atoms with Crippen LogP contribution in [0.1, 0.15) is 32.5 Å². The van der Waals surface area contributed by atoms with Crippen molar-refractivity contribution in [3.8, 4) is 16.5 Å². The Kier molecular flexibility index (Phi) is 4.99. The van der Waals surface area contributed by atoms with Gasteiger partial charge in [0, 0.05) is 36.6 Å². The quantitative estimate of drug-likeness (QED) is 0.447. The van der Waals surface area contributed by atoms with Gasteiger partial charge in [0.15, 0.2) is 5.82 Å². The topological polar surface area (TPSA) is 94.5 Å². The summed E-state index contributed by atoms with van der Waals surface area (Å²) in [6.45, 7) is 6.71. The van der Waals surface area contributed by atoms with Crippen LogP contribution in [0.25, 0.3) is 16.2 Å². The third-order valence-corrected chi connectivity index (χ3v) is 5.72. The van der Waals surface area contributed by atoms with Crippen LogP contribution in [0.2, 0.25) is 0 Å². The molecule has 1 atom stereocenters. The molecule has 0 fully saturated rings. The smallest absolute Gasteiger partial charge is 0.328 e.